The number of aliphatic hydroxyl groups is 1. The zero-order valence-corrected chi connectivity index (χ0v) is 13.3. The molecule has 6 heteroatoms. The molecule has 2 aromatic rings. The number of carbonyl (C=O) groups excluding carboxylic acids is 1. The van der Waals surface area contributed by atoms with Crippen molar-refractivity contribution in [1.82, 2.24) is 10.1 Å². The first-order chi connectivity index (χ1) is 11.1. The molecule has 1 aromatic heterocycles. The number of amides is 2. The van der Waals surface area contributed by atoms with Gasteiger partial charge in [-0.05, 0) is 17.5 Å². The van der Waals surface area contributed by atoms with E-state index in [4.69, 9.17) is 4.52 Å². The lowest BCUT2D eigenvalue weighted by atomic mass is 9.93. The number of rotatable bonds is 3. The number of aromatic nitrogens is 1. The second-order valence-electron chi connectivity index (χ2n) is 6.04. The number of nitrogens with one attached hydrogen (secondary N) is 1. The van der Waals surface area contributed by atoms with Crippen LogP contribution >= 0.6 is 0 Å². The Morgan fingerprint density at radius 2 is 2.26 bits per heavy atom. The fourth-order valence-corrected chi connectivity index (χ4v) is 2.89. The summed E-state index contributed by atoms with van der Waals surface area (Å²) in [4.78, 5) is 14.2. The number of urea groups is 1. The summed E-state index contributed by atoms with van der Waals surface area (Å²) in [6.45, 7) is 4.44. The number of hydrogen-bond acceptors (Lipinski definition) is 4. The van der Waals surface area contributed by atoms with Gasteiger partial charge in [0.2, 0.25) is 0 Å². The molecule has 2 N–H and O–H groups in total. The Bertz CT molecular complexity index is 696. The van der Waals surface area contributed by atoms with E-state index in [1.165, 1.54) is 5.56 Å². The Labute approximate surface area is 135 Å². The fourth-order valence-electron chi connectivity index (χ4n) is 2.89. The van der Waals surface area contributed by atoms with Crippen LogP contribution in [0, 0.1) is 0 Å². The van der Waals surface area contributed by atoms with Crippen molar-refractivity contribution in [2.24, 2.45) is 0 Å². The normalized spacial score (nSPS) is 17.2. The second-order valence-corrected chi connectivity index (χ2v) is 6.04. The highest BCUT2D eigenvalue weighted by molar-refractivity contribution is 5.88. The standard InChI is InChI=1S/C17H21N3O3/c1-11(2)15-9-16(19-23-15)18-17(22)20-8-7-12-5-3-4-6-13(12)14(20)10-21/h3-6,9,11,14,21H,7-8,10H2,1-2H3,(H,18,19,22)/t14-/m1/s1. The molecule has 1 aromatic carbocycles. The van der Waals surface area contributed by atoms with Crippen molar-refractivity contribution >= 4 is 11.8 Å². The van der Waals surface area contributed by atoms with E-state index >= 15 is 0 Å². The van der Waals surface area contributed by atoms with Gasteiger partial charge in [-0.15, -0.1) is 0 Å². The van der Waals surface area contributed by atoms with Gasteiger partial charge in [-0.3, -0.25) is 5.32 Å². The number of nitrogens with zero attached hydrogens (tertiary/aromatic N) is 2. The van der Waals surface area contributed by atoms with Crippen molar-refractivity contribution < 1.29 is 14.4 Å². The van der Waals surface area contributed by atoms with Crippen LogP contribution in [0.15, 0.2) is 34.9 Å². The van der Waals surface area contributed by atoms with Gasteiger partial charge in [-0.1, -0.05) is 43.3 Å². The third-order valence-corrected chi connectivity index (χ3v) is 4.18. The zero-order valence-electron chi connectivity index (χ0n) is 13.3. The van der Waals surface area contributed by atoms with Crippen LogP contribution in [0.25, 0.3) is 0 Å². The summed E-state index contributed by atoms with van der Waals surface area (Å²) in [6, 6.07) is 9.02. The van der Waals surface area contributed by atoms with Crippen molar-refractivity contribution in [1.29, 1.82) is 0 Å². The molecular weight excluding hydrogens is 294 g/mol. The number of benzene rings is 1. The SMILES string of the molecule is CC(C)c1cc(NC(=O)N2CCc3ccccc3[C@H]2CO)no1. The predicted molar refractivity (Wildman–Crippen MR) is 86.3 cm³/mol. The van der Waals surface area contributed by atoms with E-state index < -0.39 is 0 Å². The van der Waals surface area contributed by atoms with Crippen molar-refractivity contribution in [2.45, 2.75) is 32.2 Å². The summed E-state index contributed by atoms with van der Waals surface area (Å²) in [5, 5.41) is 16.4. The molecule has 0 bridgehead atoms. The second kappa shape index (κ2) is 6.42. The summed E-state index contributed by atoms with van der Waals surface area (Å²) in [7, 11) is 0. The van der Waals surface area contributed by atoms with E-state index in [2.05, 4.69) is 10.5 Å². The van der Waals surface area contributed by atoms with Crippen molar-refractivity contribution in [2.75, 3.05) is 18.5 Å². The molecule has 1 aliphatic rings. The van der Waals surface area contributed by atoms with Crippen molar-refractivity contribution in [3.05, 3.63) is 47.2 Å². The molecule has 0 saturated heterocycles. The van der Waals surface area contributed by atoms with Crippen molar-refractivity contribution in [3.63, 3.8) is 0 Å². The number of fused-ring (bicyclic) bond motifs is 1. The quantitative estimate of drug-likeness (QED) is 0.913. The van der Waals surface area contributed by atoms with E-state index in [9.17, 15) is 9.90 Å². The van der Waals surface area contributed by atoms with Gasteiger partial charge in [0.15, 0.2) is 5.82 Å². The number of carbonyl (C=O) groups is 1. The molecule has 2 amide bonds. The summed E-state index contributed by atoms with van der Waals surface area (Å²) in [5.41, 5.74) is 2.18. The minimum absolute atomic E-state index is 0.111. The summed E-state index contributed by atoms with van der Waals surface area (Å²) in [5.74, 6) is 1.33. The third-order valence-electron chi connectivity index (χ3n) is 4.18. The van der Waals surface area contributed by atoms with E-state index in [1.54, 1.807) is 11.0 Å². The van der Waals surface area contributed by atoms with Crippen LogP contribution in [0.1, 0.15) is 42.7 Å². The average Bonchev–Trinajstić information content (AvgIpc) is 3.02. The smallest absolute Gasteiger partial charge is 0.323 e. The Balaban J connectivity index is 1.76. The highest BCUT2D eigenvalue weighted by Crippen LogP contribution is 2.30. The fraction of sp³-hybridized carbons (Fsp3) is 0.412. The van der Waals surface area contributed by atoms with Gasteiger partial charge in [0, 0.05) is 18.5 Å². The number of anilines is 1. The molecule has 6 nitrogen and oxygen atoms in total. The Morgan fingerprint density at radius 1 is 1.48 bits per heavy atom. The van der Waals surface area contributed by atoms with E-state index in [0.717, 1.165) is 17.7 Å². The molecule has 23 heavy (non-hydrogen) atoms. The van der Waals surface area contributed by atoms with Crippen LogP contribution in [0.4, 0.5) is 10.6 Å². The maximum Gasteiger partial charge on any atom is 0.323 e. The molecule has 0 aliphatic carbocycles. The highest BCUT2D eigenvalue weighted by Gasteiger charge is 2.30. The van der Waals surface area contributed by atoms with Crippen LogP contribution in [0.5, 0.6) is 0 Å². The van der Waals surface area contributed by atoms with Crippen molar-refractivity contribution in [3.8, 4) is 0 Å². The maximum atomic E-state index is 12.5. The average molecular weight is 315 g/mol. The molecule has 1 atom stereocenters. The van der Waals surface area contributed by atoms with Crippen LogP contribution in [0.3, 0.4) is 0 Å². The largest absolute Gasteiger partial charge is 0.394 e. The molecule has 0 radical (unpaired) electrons. The molecule has 1 aliphatic heterocycles. The van der Waals surface area contributed by atoms with Crippen LogP contribution in [-0.2, 0) is 6.42 Å². The first kappa shape index (κ1) is 15.6. The lowest BCUT2D eigenvalue weighted by molar-refractivity contribution is 0.135. The van der Waals surface area contributed by atoms with Gasteiger partial charge in [0.25, 0.3) is 0 Å². The van der Waals surface area contributed by atoms with Crippen LogP contribution in [0.2, 0.25) is 0 Å². The topological polar surface area (TPSA) is 78.6 Å². The molecular formula is C17H21N3O3. The number of aliphatic hydroxyl groups excluding tert-OH is 1. The van der Waals surface area contributed by atoms with E-state index in [-0.39, 0.29) is 24.6 Å². The molecule has 3 rings (SSSR count). The summed E-state index contributed by atoms with van der Waals surface area (Å²) >= 11 is 0. The van der Waals surface area contributed by atoms with Crippen LogP contribution in [-0.4, -0.2) is 34.3 Å². The third kappa shape index (κ3) is 3.07. The Morgan fingerprint density at radius 3 is 2.96 bits per heavy atom. The number of hydrogen-bond donors (Lipinski definition) is 2. The monoisotopic (exact) mass is 315 g/mol. The molecule has 122 valence electrons. The predicted octanol–water partition coefficient (Wildman–Crippen LogP) is 2.92. The van der Waals surface area contributed by atoms with Gasteiger partial charge >= 0.3 is 6.03 Å². The van der Waals surface area contributed by atoms with E-state index in [1.807, 2.05) is 38.1 Å². The zero-order chi connectivity index (χ0) is 16.4. The summed E-state index contributed by atoms with van der Waals surface area (Å²) in [6.07, 6.45) is 0.774. The molecule has 0 saturated carbocycles. The van der Waals surface area contributed by atoms with Crippen LogP contribution < -0.4 is 5.32 Å². The van der Waals surface area contributed by atoms with E-state index in [0.29, 0.717) is 12.4 Å². The molecule has 0 unspecified atom stereocenters. The first-order valence-electron chi connectivity index (χ1n) is 7.83. The molecule has 0 fully saturated rings. The van der Waals surface area contributed by atoms with Gasteiger partial charge in [0.1, 0.15) is 5.76 Å². The van der Waals surface area contributed by atoms with Gasteiger partial charge in [0.05, 0.1) is 12.6 Å². The Kier molecular flexibility index (Phi) is 4.34. The highest BCUT2D eigenvalue weighted by atomic mass is 16.5. The minimum atomic E-state index is -0.337. The lowest BCUT2D eigenvalue weighted by Crippen LogP contribution is -2.43. The maximum absolute atomic E-state index is 12.5. The van der Waals surface area contributed by atoms with Gasteiger partial charge in [-0.25, -0.2) is 4.79 Å². The minimum Gasteiger partial charge on any atom is -0.394 e. The molecule has 0 spiro atoms. The first-order valence-corrected chi connectivity index (χ1v) is 7.83. The van der Waals surface area contributed by atoms with Gasteiger partial charge in [-0.2, -0.15) is 0 Å². The van der Waals surface area contributed by atoms with Gasteiger partial charge < -0.3 is 14.5 Å². The molecule has 2 heterocycles. The summed E-state index contributed by atoms with van der Waals surface area (Å²) < 4.78 is 5.19. The lowest BCUT2D eigenvalue weighted by Gasteiger charge is -2.36. The Hall–Kier alpha value is -2.34.